The normalized spacial score (nSPS) is 11.0. The smallest absolute Gasteiger partial charge is 0.344 e. The number of hydrogen-bond donors (Lipinski definition) is 2. The summed E-state index contributed by atoms with van der Waals surface area (Å²) in [5.74, 6) is -2.19. The zero-order chi connectivity index (χ0) is 35.6. The topological polar surface area (TPSA) is 136 Å². The lowest BCUT2D eigenvalue weighted by Gasteiger charge is -2.12. The molecule has 0 spiro atoms. The number of esters is 2. The van der Waals surface area contributed by atoms with Crippen LogP contribution in [0.4, 0.5) is 0 Å². The van der Waals surface area contributed by atoms with Crippen molar-refractivity contribution in [2.75, 3.05) is 0 Å². The molecular weight excluding hydrogens is 768 g/mol. The van der Waals surface area contributed by atoms with E-state index in [-0.39, 0.29) is 22.6 Å². The van der Waals surface area contributed by atoms with Crippen molar-refractivity contribution in [1.29, 1.82) is 0 Å². The van der Waals surface area contributed by atoms with E-state index in [0.717, 1.165) is 11.1 Å². The molecule has 5 aromatic carbocycles. The number of benzene rings is 5. The highest BCUT2D eigenvalue weighted by molar-refractivity contribution is 9.10. The number of hydrazone groups is 2. The Bertz CT molecular complexity index is 2010. The molecule has 0 aromatic heterocycles. The summed E-state index contributed by atoms with van der Waals surface area (Å²) in [4.78, 5) is 52.0. The van der Waals surface area contributed by atoms with Crippen LogP contribution in [0.3, 0.4) is 0 Å². The van der Waals surface area contributed by atoms with E-state index in [4.69, 9.17) is 9.47 Å². The van der Waals surface area contributed by atoms with Gasteiger partial charge in [-0.25, -0.2) is 20.4 Å². The van der Waals surface area contributed by atoms with Crippen LogP contribution in [-0.4, -0.2) is 36.2 Å². The summed E-state index contributed by atoms with van der Waals surface area (Å²) in [6, 6.07) is 29.9. The van der Waals surface area contributed by atoms with E-state index in [1.165, 1.54) is 24.6 Å². The van der Waals surface area contributed by atoms with Gasteiger partial charge in [0.25, 0.3) is 11.8 Å². The highest BCUT2D eigenvalue weighted by Gasteiger charge is 2.22. The van der Waals surface area contributed by atoms with Crippen molar-refractivity contribution in [2.45, 2.75) is 13.8 Å². The Labute approximate surface area is 304 Å². The third kappa shape index (κ3) is 9.46. The van der Waals surface area contributed by atoms with Crippen LogP contribution in [-0.2, 0) is 0 Å². The molecule has 0 saturated heterocycles. The molecule has 2 amide bonds. The maximum Gasteiger partial charge on any atom is 0.344 e. The van der Waals surface area contributed by atoms with Gasteiger partial charge in [0.15, 0.2) is 0 Å². The van der Waals surface area contributed by atoms with Crippen molar-refractivity contribution >= 4 is 68.0 Å². The number of hydrogen-bond acceptors (Lipinski definition) is 8. The molecule has 0 heterocycles. The molecule has 0 bridgehead atoms. The Balaban J connectivity index is 1.30. The molecule has 5 aromatic rings. The lowest BCUT2D eigenvalue weighted by molar-refractivity contribution is 0.0691. The van der Waals surface area contributed by atoms with E-state index in [2.05, 4.69) is 52.9 Å². The van der Waals surface area contributed by atoms with E-state index in [1.807, 2.05) is 26.0 Å². The van der Waals surface area contributed by atoms with E-state index in [0.29, 0.717) is 31.2 Å². The third-order valence-electron chi connectivity index (χ3n) is 7.02. The van der Waals surface area contributed by atoms with Gasteiger partial charge in [0, 0.05) is 31.2 Å². The van der Waals surface area contributed by atoms with Crippen molar-refractivity contribution in [3.05, 3.63) is 163 Å². The Morgan fingerprint density at radius 2 is 0.980 bits per heavy atom. The summed E-state index contributed by atoms with van der Waals surface area (Å²) < 4.78 is 12.8. The third-order valence-corrected chi connectivity index (χ3v) is 8.00. The van der Waals surface area contributed by atoms with Crippen LogP contribution < -0.4 is 20.3 Å². The van der Waals surface area contributed by atoms with Crippen LogP contribution in [0.1, 0.15) is 63.7 Å². The first-order chi connectivity index (χ1) is 24.1. The molecule has 50 heavy (non-hydrogen) atoms. The van der Waals surface area contributed by atoms with Gasteiger partial charge < -0.3 is 9.47 Å². The van der Waals surface area contributed by atoms with Gasteiger partial charge in [0.1, 0.15) is 11.5 Å². The average Bonchev–Trinajstić information content (AvgIpc) is 3.10. The van der Waals surface area contributed by atoms with Crippen molar-refractivity contribution < 1.29 is 28.7 Å². The predicted molar refractivity (Wildman–Crippen MR) is 197 cm³/mol. The summed E-state index contributed by atoms with van der Waals surface area (Å²) in [6.07, 6.45) is 2.70. The molecule has 250 valence electrons. The fourth-order valence-corrected chi connectivity index (χ4v) is 5.36. The van der Waals surface area contributed by atoms with E-state index < -0.39 is 23.8 Å². The van der Waals surface area contributed by atoms with E-state index >= 15 is 0 Å². The Morgan fingerprint density at radius 1 is 0.560 bits per heavy atom. The molecule has 0 fully saturated rings. The largest absolute Gasteiger partial charge is 0.422 e. The molecule has 0 aliphatic rings. The quantitative estimate of drug-likeness (QED) is 0.0642. The van der Waals surface area contributed by atoms with Crippen molar-refractivity contribution in [2.24, 2.45) is 10.2 Å². The summed E-state index contributed by atoms with van der Waals surface area (Å²) in [7, 11) is 0. The zero-order valence-corrected chi connectivity index (χ0v) is 29.8. The molecule has 0 atom stereocenters. The Kier molecular flexibility index (Phi) is 11.8. The van der Waals surface area contributed by atoms with Crippen LogP contribution in [0.5, 0.6) is 11.5 Å². The lowest BCUT2D eigenvalue weighted by Crippen LogP contribution is -2.19. The summed E-state index contributed by atoms with van der Waals surface area (Å²) in [5, 5.41) is 8.08. The molecule has 0 unspecified atom stereocenters. The van der Waals surface area contributed by atoms with Gasteiger partial charge in [-0.3, -0.25) is 9.59 Å². The number of halogens is 2. The Morgan fingerprint density at radius 3 is 1.38 bits per heavy atom. The molecule has 12 heteroatoms. The minimum Gasteiger partial charge on any atom is -0.422 e. The second-order valence-electron chi connectivity index (χ2n) is 10.8. The number of carbonyl (C=O) groups is 4. The second kappa shape index (κ2) is 16.6. The standard InChI is InChI=1S/C38H28Br2N4O6/c1-23-7-5-9-25(17-23)35(45)43-41-21-27-19-29(39)13-15-33(27)49-37(47)31-11-3-4-12-32(31)38(48)50-34-16-14-30(40)20-28(34)22-42-44-36(46)26-10-6-8-24(2)18-26/h3-22H,1-2H3,(H,43,45)(H,44,46). The Hall–Kier alpha value is -5.72. The zero-order valence-electron chi connectivity index (χ0n) is 26.6. The van der Waals surface area contributed by atoms with Gasteiger partial charge in [-0.05, 0) is 86.6 Å². The number of rotatable bonds is 10. The van der Waals surface area contributed by atoms with Gasteiger partial charge in [0.05, 0.1) is 23.6 Å². The minimum absolute atomic E-state index is 0.0474. The maximum absolute atomic E-state index is 13.5. The SMILES string of the molecule is Cc1cccc(C(=O)NN=Cc2cc(Br)ccc2OC(=O)c2ccccc2C(=O)Oc2ccc(Br)cc2C=NNC(=O)c2cccc(C)c2)c1. The van der Waals surface area contributed by atoms with E-state index in [1.54, 1.807) is 84.9 Å². The fraction of sp³-hybridized carbons (Fsp3) is 0.0526. The van der Waals surface area contributed by atoms with Crippen LogP contribution in [0.2, 0.25) is 0 Å². The number of ether oxygens (including phenoxy) is 2. The van der Waals surface area contributed by atoms with Crippen LogP contribution in [0, 0.1) is 13.8 Å². The van der Waals surface area contributed by atoms with Gasteiger partial charge in [0.2, 0.25) is 0 Å². The van der Waals surface area contributed by atoms with Gasteiger partial charge in [-0.1, -0.05) is 79.4 Å². The molecule has 2 N–H and O–H groups in total. The highest BCUT2D eigenvalue weighted by atomic mass is 79.9. The van der Waals surface area contributed by atoms with Crippen molar-refractivity contribution in [3.63, 3.8) is 0 Å². The van der Waals surface area contributed by atoms with Crippen molar-refractivity contribution in [3.8, 4) is 11.5 Å². The molecule has 0 aliphatic heterocycles. The van der Waals surface area contributed by atoms with Crippen LogP contribution in [0.25, 0.3) is 0 Å². The van der Waals surface area contributed by atoms with Crippen LogP contribution >= 0.6 is 31.9 Å². The van der Waals surface area contributed by atoms with Gasteiger partial charge in [-0.15, -0.1) is 0 Å². The van der Waals surface area contributed by atoms with Crippen molar-refractivity contribution in [1.82, 2.24) is 10.9 Å². The molecule has 0 saturated carbocycles. The van der Waals surface area contributed by atoms with E-state index in [9.17, 15) is 19.2 Å². The number of aryl methyl sites for hydroxylation is 2. The predicted octanol–water partition coefficient (Wildman–Crippen LogP) is 7.79. The number of carbonyl (C=O) groups excluding carboxylic acids is 4. The number of amides is 2. The second-order valence-corrected chi connectivity index (χ2v) is 12.7. The number of nitrogens with one attached hydrogen (secondary N) is 2. The summed E-state index contributed by atoms with van der Waals surface area (Å²) in [6.45, 7) is 3.76. The molecular formula is C38H28Br2N4O6. The monoisotopic (exact) mass is 794 g/mol. The van der Waals surface area contributed by atoms with Gasteiger partial charge in [-0.2, -0.15) is 10.2 Å². The average molecular weight is 796 g/mol. The maximum atomic E-state index is 13.5. The molecule has 10 nitrogen and oxygen atoms in total. The number of nitrogens with zero attached hydrogens (tertiary/aromatic N) is 2. The molecule has 0 aliphatic carbocycles. The fourth-order valence-electron chi connectivity index (χ4n) is 4.60. The first kappa shape index (κ1) is 35.6. The van der Waals surface area contributed by atoms with Crippen LogP contribution in [0.15, 0.2) is 128 Å². The molecule has 5 rings (SSSR count). The van der Waals surface area contributed by atoms with Gasteiger partial charge >= 0.3 is 11.9 Å². The lowest BCUT2D eigenvalue weighted by atomic mass is 10.1. The summed E-state index contributed by atoms with van der Waals surface area (Å²) in [5.41, 5.74) is 8.35. The molecule has 0 radical (unpaired) electrons. The first-order valence-electron chi connectivity index (χ1n) is 15.0. The minimum atomic E-state index is -0.824. The first-order valence-corrected chi connectivity index (χ1v) is 16.6. The summed E-state index contributed by atoms with van der Waals surface area (Å²) >= 11 is 6.80. The highest BCUT2D eigenvalue weighted by Crippen LogP contribution is 2.26.